The average Bonchev–Trinajstić information content (AvgIpc) is 3.09. The summed E-state index contributed by atoms with van der Waals surface area (Å²) in [4.78, 5) is 25.3. The van der Waals surface area contributed by atoms with Gasteiger partial charge in [-0.15, -0.1) is 10.2 Å². The van der Waals surface area contributed by atoms with Gasteiger partial charge in [0.1, 0.15) is 18.0 Å². The molecule has 1 aliphatic rings. The Bertz CT molecular complexity index is 804. The van der Waals surface area contributed by atoms with Crippen LogP contribution in [0, 0.1) is 17.0 Å². The number of hydrogen-bond acceptors (Lipinski definition) is 6. The van der Waals surface area contributed by atoms with Gasteiger partial charge in [0.15, 0.2) is 5.82 Å². The van der Waals surface area contributed by atoms with E-state index in [4.69, 9.17) is 4.74 Å². The van der Waals surface area contributed by atoms with Crippen molar-refractivity contribution in [2.75, 3.05) is 19.7 Å². The van der Waals surface area contributed by atoms with Crippen LogP contribution in [0.2, 0.25) is 0 Å². The van der Waals surface area contributed by atoms with Crippen molar-refractivity contribution in [3.8, 4) is 0 Å². The first-order valence-electron chi connectivity index (χ1n) is 8.05. The number of nitrogens with zero attached hydrogens (tertiary/aromatic N) is 5. The van der Waals surface area contributed by atoms with Crippen molar-refractivity contribution in [3.63, 3.8) is 0 Å². The van der Waals surface area contributed by atoms with Gasteiger partial charge in [-0.1, -0.05) is 12.1 Å². The zero-order valence-corrected chi connectivity index (χ0v) is 14.1. The molecule has 0 N–H and O–H groups in total. The van der Waals surface area contributed by atoms with Crippen LogP contribution < -0.4 is 0 Å². The monoisotopic (exact) mass is 345 g/mol. The number of aromatic nitrogens is 3. The van der Waals surface area contributed by atoms with Gasteiger partial charge in [0.2, 0.25) is 0 Å². The summed E-state index contributed by atoms with van der Waals surface area (Å²) in [5.41, 5.74) is 0.536. The molecule has 1 aliphatic heterocycles. The Kier molecular flexibility index (Phi) is 4.75. The summed E-state index contributed by atoms with van der Waals surface area (Å²) < 4.78 is 7.59. The van der Waals surface area contributed by atoms with Crippen molar-refractivity contribution < 1.29 is 14.5 Å². The molecular weight excluding hydrogens is 326 g/mol. The Balaban J connectivity index is 1.87. The maximum absolute atomic E-state index is 12.9. The number of carbonyl (C=O) groups excluding carboxylic acids is 1. The summed E-state index contributed by atoms with van der Waals surface area (Å²) in [5.74, 6) is 0.292. The molecule has 9 heteroatoms. The summed E-state index contributed by atoms with van der Waals surface area (Å²) in [5, 5.41) is 19.3. The van der Waals surface area contributed by atoms with Crippen molar-refractivity contribution in [1.82, 2.24) is 19.7 Å². The topological polar surface area (TPSA) is 103 Å². The number of benzene rings is 1. The highest BCUT2D eigenvalue weighted by atomic mass is 16.6. The van der Waals surface area contributed by atoms with Crippen molar-refractivity contribution in [1.29, 1.82) is 0 Å². The molecule has 0 aliphatic carbocycles. The van der Waals surface area contributed by atoms with Gasteiger partial charge >= 0.3 is 0 Å². The first-order chi connectivity index (χ1) is 12.0. The minimum atomic E-state index is -0.522. The number of morpholine rings is 1. The summed E-state index contributed by atoms with van der Waals surface area (Å²) in [6.45, 7) is 5.36. The average molecular weight is 345 g/mol. The fraction of sp³-hybridized carbons (Fsp3) is 0.438. The molecule has 1 aromatic heterocycles. The zero-order valence-electron chi connectivity index (χ0n) is 14.1. The molecule has 25 heavy (non-hydrogen) atoms. The molecule has 3 rings (SSSR count). The molecule has 0 spiro atoms. The fourth-order valence-electron chi connectivity index (χ4n) is 2.99. The van der Waals surface area contributed by atoms with Crippen LogP contribution in [0.1, 0.15) is 34.8 Å². The third-order valence-corrected chi connectivity index (χ3v) is 4.29. The Morgan fingerprint density at radius 1 is 1.48 bits per heavy atom. The van der Waals surface area contributed by atoms with E-state index in [1.54, 1.807) is 30.3 Å². The highest BCUT2D eigenvalue weighted by Crippen LogP contribution is 2.27. The van der Waals surface area contributed by atoms with Crippen molar-refractivity contribution >= 4 is 11.6 Å². The molecule has 0 saturated carbocycles. The lowest BCUT2D eigenvalue weighted by Crippen LogP contribution is -2.43. The number of hydrogen-bond donors (Lipinski definition) is 0. The van der Waals surface area contributed by atoms with Crippen molar-refractivity contribution in [3.05, 3.63) is 51.6 Å². The summed E-state index contributed by atoms with van der Waals surface area (Å²) in [7, 11) is 0. The number of carbonyl (C=O) groups is 1. The van der Waals surface area contributed by atoms with Crippen LogP contribution in [0.15, 0.2) is 24.5 Å². The molecule has 0 unspecified atom stereocenters. The van der Waals surface area contributed by atoms with E-state index in [-0.39, 0.29) is 23.7 Å². The Labute approximate surface area is 144 Å². The molecular formula is C16H19N5O4. The molecule has 0 bridgehead atoms. The molecule has 0 radical (unpaired) electrons. The fourth-order valence-corrected chi connectivity index (χ4v) is 2.99. The van der Waals surface area contributed by atoms with Crippen LogP contribution in [-0.2, 0) is 11.3 Å². The van der Waals surface area contributed by atoms with Crippen molar-refractivity contribution in [2.45, 2.75) is 26.5 Å². The molecule has 1 fully saturated rings. The maximum Gasteiger partial charge on any atom is 0.282 e. The van der Waals surface area contributed by atoms with Gasteiger partial charge in [-0.05, 0) is 19.4 Å². The number of nitro groups is 1. The molecule has 1 atom stereocenters. The first kappa shape index (κ1) is 17.0. The number of amides is 1. The van der Waals surface area contributed by atoms with Crippen LogP contribution in [0.5, 0.6) is 0 Å². The van der Waals surface area contributed by atoms with Crippen LogP contribution in [0.3, 0.4) is 0 Å². The molecule has 132 valence electrons. The number of rotatable bonds is 4. The predicted molar refractivity (Wildman–Crippen MR) is 88.1 cm³/mol. The standard InChI is InChI=1S/C16H19N5O4/c1-3-19-10-17-18-15(19)13-9-20(7-8-25-13)16(22)14-11(2)5-4-6-12(14)21(23)24/h4-6,10,13H,3,7-9H2,1-2H3/t13-/m0/s1. The maximum atomic E-state index is 12.9. The second kappa shape index (κ2) is 6.98. The second-order valence-electron chi connectivity index (χ2n) is 5.81. The zero-order chi connectivity index (χ0) is 18.0. The first-order valence-corrected chi connectivity index (χ1v) is 8.05. The summed E-state index contributed by atoms with van der Waals surface area (Å²) in [6, 6.07) is 4.63. The van der Waals surface area contributed by atoms with Gasteiger partial charge in [0.25, 0.3) is 11.6 Å². The lowest BCUT2D eigenvalue weighted by Gasteiger charge is -2.32. The molecule has 2 heterocycles. The minimum absolute atomic E-state index is 0.130. The predicted octanol–water partition coefficient (Wildman–Crippen LogP) is 1.73. The van der Waals surface area contributed by atoms with E-state index < -0.39 is 11.0 Å². The van der Waals surface area contributed by atoms with Gasteiger partial charge < -0.3 is 14.2 Å². The Morgan fingerprint density at radius 3 is 3.00 bits per heavy atom. The van der Waals surface area contributed by atoms with E-state index in [0.29, 0.717) is 31.1 Å². The molecule has 9 nitrogen and oxygen atoms in total. The molecule has 2 aromatic rings. The third kappa shape index (κ3) is 3.22. The van der Waals surface area contributed by atoms with Crippen molar-refractivity contribution in [2.24, 2.45) is 0 Å². The van der Waals surface area contributed by atoms with Crippen LogP contribution in [-0.4, -0.2) is 50.2 Å². The molecule has 1 aromatic carbocycles. The summed E-state index contributed by atoms with van der Waals surface area (Å²) in [6.07, 6.45) is 1.22. The number of aryl methyl sites for hydroxylation is 2. The van der Waals surface area contributed by atoms with Gasteiger partial charge in [-0.25, -0.2) is 0 Å². The minimum Gasteiger partial charge on any atom is -0.366 e. The highest BCUT2D eigenvalue weighted by Gasteiger charge is 2.32. The lowest BCUT2D eigenvalue weighted by atomic mass is 10.0. The third-order valence-electron chi connectivity index (χ3n) is 4.29. The van der Waals surface area contributed by atoms with Gasteiger partial charge in [-0.3, -0.25) is 14.9 Å². The normalized spacial score (nSPS) is 17.5. The van der Waals surface area contributed by atoms with Crippen LogP contribution in [0.4, 0.5) is 5.69 Å². The van der Waals surface area contributed by atoms with E-state index in [2.05, 4.69) is 10.2 Å². The highest BCUT2D eigenvalue weighted by molar-refractivity contribution is 5.99. The Morgan fingerprint density at radius 2 is 2.28 bits per heavy atom. The van der Waals surface area contributed by atoms with Gasteiger partial charge in [0.05, 0.1) is 18.1 Å². The SMILES string of the molecule is CCn1cnnc1[C@@H]1CN(C(=O)c2c(C)cccc2[N+](=O)[O-])CCO1. The smallest absolute Gasteiger partial charge is 0.282 e. The van der Waals surface area contributed by atoms with E-state index >= 15 is 0 Å². The van der Waals surface area contributed by atoms with Gasteiger partial charge in [0, 0.05) is 19.2 Å². The number of nitro benzene ring substituents is 1. The largest absolute Gasteiger partial charge is 0.366 e. The van der Waals surface area contributed by atoms with Crippen LogP contribution >= 0.6 is 0 Å². The molecule has 1 saturated heterocycles. The summed E-state index contributed by atoms with van der Waals surface area (Å²) >= 11 is 0. The Hall–Kier alpha value is -2.81. The van der Waals surface area contributed by atoms with E-state index in [9.17, 15) is 14.9 Å². The second-order valence-corrected chi connectivity index (χ2v) is 5.81. The van der Waals surface area contributed by atoms with Gasteiger partial charge in [-0.2, -0.15) is 0 Å². The van der Waals surface area contributed by atoms with E-state index in [0.717, 1.165) is 0 Å². The number of ether oxygens (including phenoxy) is 1. The van der Waals surface area contributed by atoms with Crippen LogP contribution in [0.25, 0.3) is 0 Å². The lowest BCUT2D eigenvalue weighted by molar-refractivity contribution is -0.385. The van der Waals surface area contributed by atoms with E-state index in [1.165, 1.54) is 6.07 Å². The molecule has 1 amide bonds. The van der Waals surface area contributed by atoms with E-state index in [1.807, 2.05) is 11.5 Å². The quantitative estimate of drug-likeness (QED) is 0.617.